The molecular weight excluding hydrogens is 309 g/mol. The molecule has 0 heterocycles. The molecule has 2 aromatic rings. The number of hydrogen-bond acceptors (Lipinski definition) is 2. The third-order valence-corrected chi connectivity index (χ3v) is 3.71. The average molecular weight is 324 g/mol. The van der Waals surface area contributed by atoms with Gasteiger partial charge in [-0.3, -0.25) is 0 Å². The summed E-state index contributed by atoms with van der Waals surface area (Å²) >= 11 is 3.26. The lowest BCUT2D eigenvalue weighted by atomic mass is 10.1. The van der Waals surface area contributed by atoms with Crippen molar-refractivity contribution in [2.45, 2.75) is 13.2 Å². The van der Waals surface area contributed by atoms with Crippen LogP contribution in [0.2, 0.25) is 0 Å². The molecule has 2 rings (SSSR count). The molecule has 4 heteroatoms. The van der Waals surface area contributed by atoms with Gasteiger partial charge in [-0.25, -0.2) is 4.39 Å². The largest absolute Gasteiger partial charge is 0.381 e. The zero-order valence-electron chi connectivity index (χ0n) is 10.6. The number of para-hydroxylation sites is 1. The average Bonchev–Trinajstić information content (AvgIpc) is 2.42. The molecular formula is C15H15BrFNO. The Morgan fingerprint density at radius 1 is 1.11 bits per heavy atom. The second-order valence-corrected chi connectivity index (χ2v) is 4.95. The standard InChI is InChI=1S/C15H15BrFNO/c1-19-10-12-5-2-3-8-14(12)18-9-11-6-4-7-13(17)15(11)16/h2-8,18H,9-10H2,1H3. The van der Waals surface area contributed by atoms with Crippen molar-refractivity contribution in [1.82, 2.24) is 0 Å². The molecule has 0 aliphatic carbocycles. The van der Waals surface area contributed by atoms with E-state index in [9.17, 15) is 4.39 Å². The minimum atomic E-state index is -0.246. The molecule has 2 aromatic carbocycles. The van der Waals surface area contributed by atoms with Crippen LogP contribution in [0.25, 0.3) is 0 Å². The monoisotopic (exact) mass is 323 g/mol. The van der Waals surface area contributed by atoms with E-state index in [1.54, 1.807) is 13.2 Å². The number of methoxy groups -OCH3 is 1. The van der Waals surface area contributed by atoms with E-state index < -0.39 is 0 Å². The molecule has 100 valence electrons. The number of halogens is 2. The molecule has 0 fully saturated rings. The van der Waals surface area contributed by atoms with Crippen molar-refractivity contribution >= 4 is 21.6 Å². The highest BCUT2D eigenvalue weighted by molar-refractivity contribution is 9.10. The number of rotatable bonds is 5. The van der Waals surface area contributed by atoms with Gasteiger partial charge < -0.3 is 10.1 Å². The van der Waals surface area contributed by atoms with Gasteiger partial charge in [0.15, 0.2) is 0 Å². The van der Waals surface area contributed by atoms with E-state index in [0.29, 0.717) is 17.6 Å². The Morgan fingerprint density at radius 3 is 2.63 bits per heavy atom. The van der Waals surface area contributed by atoms with Crippen LogP contribution in [0.5, 0.6) is 0 Å². The van der Waals surface area contributed by atoms with Crippen LogP contribution < -0.4 is 5.32 Å². The molecule has 0 saturated carbocycles. The van der Waals surface area contributed by atoms with Gasteiger partial charge in [0.05, 0.1) is 11.1 Å². The minimum absolute atomic E-state index is 0.246. The number of ether oxygens (including phenoxy) is 1. The summed E-state index contributed by atoms with van der Waals surface area (Å²) in [5, 5.41) is 3.31. The molecule has 0 aliphatic heterocycles. The molecule has 2 nitrogen and oxygen atoms in total. The molecule has 0 aliphatic rings. The smallest absolute Gasteiger partial charge is 0.137 e. The summed E-state index contributed by atoms with van der Waals surface area (Å²) in [6.07, 6.45) is 0. The highest BCUT2D eigenvalue weighted by Crippen LogP contribution is 2.22. The van der Waals surface area contributed by atoms with Crippen LogP contribution in [0.4, 0.5) is 10.1 Å². The molecule has 0 saturated heterocycles. The van der Waals surface area contributed by atoms with E-state index in [0.717, 1.165) is 16.8 Å². The fourth-order valence-electron chi connectivity index (χ4n) is 1.85. The molecule has 0 bridgehead atoms. The van der Waals surface area contributed by atoms with E-state index in [4.69, 9.17) is 4.74 Å². The van der Waals surface area contributed by atoms with Crippen LogP contribution in [-0.4, -0.2) is 7.11 Å². The van der Waals surface area contributed by atoms with Gasteiger partial charge in [0, 0.05) is 24.9 Å². The van der Waals surface area contributed by atoms with Crippen molar-refractivity contribution in [3.8, 4) is 0 Å². The highest BCUT2D eigenvalue weighted by Gasteiger charge is 2.06. The van der Waals surface area contributed by atoms with Crippen molar-refractivity contribution < 1.29 is 9.13 Å². The van der Waals surface area contributed by atoms with Gasteiger partial charge >= 0.3 is 0 Å². The maximum absolute atomic E-state index is 13.4. The van der Waals surface area contributed by atoms with Crippen molar-refractivity contribution in [3.05, 3.63) is 63.9 Å². The molecule has 0 aromatic heterocycles. The maximum atomic E-state index is 13.4. The van der Waals surface area contributed by atoms with Gasteiger partial charge in [-0.1, -0.05) is 30.3 Å². The summed E-state index contributed by atoms with van der Waals surface area (Å²) < 4.78 is 19.1. The fourth-order valence-corrected chi connectivity index (χ4v) is 2.25. The van der Waals surface area contributed by atoms with Crippen molar-refractivity contribution in [2.24, 2.45) is 0 Å². The van der Waals surface area contributed by atoms with Crippen LogP contribution in [-0.2, 0) is 17.9 Å². The zero-order chi connectivity index (χ0) is 13.7. The first-order valence-electron chi connectivity index (χ1n) is 5.96. The first kappa shape index (κ1) is 14.0. The summed E-state index contributed by atoms with van der Waals surface area (Å²) in [7, 11) is 1.67. The van der Waals surface area contributed by atoms with Gasteiger partial charge in [0.2, 0.25) is 0 Å². The van der Waals surface area contributed by atoms with E-state index in [1.807, 2.05) is 30.3 Å². The van der Waals surface area contributed by atoms with E-state index in [1.165, 1.54) is 6.07 Å². The number of anilines is 1. The van der Waals surface area contributed by atoms with Crippen LogP contribution in [0.3, 0.4) is 0 Å². The van der Waals surface area contributed by atoms with Gasteiger partial charge in [0.1, 0.15) is 5.82 Å². The van der Waals surface area contributed by atoms with E-state index >= 15 is 0 Å². The summed E-state index contributed by atoms with van der Waals surface area (Å²) in [6.45, 7) is 1.10. The molecule has 0 radical (unpaired) electrons. The van der Waals surface area contributed by atoms with Gasteiger partial charge in [0.25, 0.3) is 0 Å². The Bertz CT molecular complexity index is 560. The fraction of sp³-hybridized carbons (Fsp3) is 0.200. The Balaban J connectivity index is 2.12. The first-order valence-corrected chi connectivity index (χ1v) is 6.75. The quantitative estimate of drug-likeness (QED) is 0.883. The third-order valence-electron chi connectivity index (χ3n) is 2.82. The molecule has 0 spiro atoms. The minimum Gasteiger partial charge on any atom is -0.381 e. The second kappa shape index (κ2) is 6.68. The SMILES string of the molecule is COCc1ccccc1NCc1cccc(F)c1Br. The van der Waals surface area contributed by atoms with Crippen LogP contribution >= 0.6 is 15.9 Å². The lowest BCUT2D eigenvalue weighted by molar-refractivity contribution is 0.185. The Kier molecular flexibility index (Phi) is 4.93. The lowest BCUT2D eigenvalue weighted by Gasteiger charge is -2.12. The Morgan fingerprint density at radius 2 is 1.84 bits per heavy atom. The van der Waals surface area contributed by atoms with Gasteiger partial charge in [-0.05, 0) is 33.6 Å². The van der Waals surface area contributed by atoms with Crippen molar-refractivity contribution in [3.63, 3.8) is 0 Å². The Hall–Kier alpha value is -1.39. The summed E-state index contributed by atoms with van der Waals surface area (Å²) in [5.41, 5.74) is 2.96. The lowest BCUT2D eigenvalue weighted by Crippen LogP contribution is -2.04. The summed E-state index contributed by atoms with van der Waals surface area (Å²) in [4.78, 5) is 0. The number of hydrogen-bond donors (Lipinski definition) is 1. The van der Waals surface area contributed by atoms with Gasteiger partial charge in [-0.2, -0.15) is 0 Å². The number of benzene rings is 2. The first-order chi connectivity index (χ1) is 9.22. The van der Waals surface area contributed by atoms with Crippen molar-refractivity contribution in [1.29, 1.82) is 0 Å². The maximum Gasteiger partial charge on any atom is 0.137 e. The van der Waals surface area contributed by atoms with Crippen LogP contribution in [0.1, 0.15) is 11.1 Å². The predicted molar refractivity (Wildman–Crippen MR) is 78.6 cm³/mol. The van der Waals surface area contributed by atoms with E-state index in [-0.39, 0.29) is 5.82 Å². The molecule has 0 amide bonds. The van der Waals surface area contributed by atoms with Crippen LogP contribution in [0, 0.1) is 5.82 Å². The number of nitrogens with one attached hydrogen (secondary N) is 1. The highest BCUT2D eigenvalue weighted by atomic mass is 79.9. The Labute approximate surface area is 120 Å². The predicted octanol–water partition coefficient (Wildman–Crippen LogP) is 4.35. The molecule has 1 N–H and O–H groups in total. The molecule has 0 unspecified atom stereocenters. The summed E-state index contributed by atoms with van der Waals surface area (Å²) in [6, 6.07) is 13.0. The normalized spacial score (nSPS) is 10.5. The molecule has 19 heavy (non-hydrogen) atoms. The van der Waals surface area contributed by atoms with Gasteiger partial charge in [-0.15, -0.1) is 0 Å². The third kappa shape index (κ3) is 3.55. The zero-order valence-corrected chi connectivity index (χ0v) is 12.2. The van der Waals surface area contributed by atoms with Crippen LogP contribution in [0.15, 0.2) is 46.9 Å². The molecule has 0 atom stereocenters. The second-order valence-electron chi connectivity index (χ2n) is 4.16. The van der Waals surface area contributed by atoms with E-state index in [2.05, 4.69) is 21.2 Å². The topological polar surface area (TPSA) is 21.3 Å². The summed E-state index contributed by atoms with van der Waals surface area (Å²) in [5.74, 6) is -0.246. The van der Waals surface area contributed by atoms with Crippen molar-refractivity contribution in [2.75, 3.05) is 12.4 Å².